The largest absolute Gasteiger partial charge is 0.357 e. The first-order valence-corrected chi connectivity index (χ1v) is 9.14. The van der Waals surface area contributed by atoms with Gasteiger partial charge < -0.3 is 10.2 Å². The molecule has 1 aromatic carbocycles. The smallest absolute Gasteiger partial charge is 0.194 e. The number of nitrogens with one attached hydrogen (secondary N) is 1. The maximum atomic E-state index is 4.90. The van der Waals surface area contributed by atoms with Crippen molar-refractivity contribution in [3.05, 3.63) is 52.8 Å². The fraction of sp³-hybridized carbons (Fsp3) is 0.500. The number of benzene rings is 1. The number of rotatable bonds is 4. The van der Waals surface area contributed by atoms with Crippen LogP contribution in [0.4, 0.5) is 0 Å². The zero-order valence-corrected chi connectivity index (χ0v) is 18.5. The molecule has 2 heterocycles. The van der Waals surface area contributed by atoms with Gasteiger partial charge in [0.05, 0.1) is 12.7 Å². The van der Waals surface area contributed by atoms with E-state index in [1.165, 1.54) is 22.3 Å². The number of guanidine groups is 1. The molecular formula is C20H30IN5. The number of aromatic nitrogens is 2. The Morgan fingerprint density at radius 3 is 2.81 bits per heavy atom. The van der Waals surface area contributed by atoms with Gasteiger partial charge in [-0.2, -0.15) is 5.10 Å². The van der Waals surface area contributed by atoms with E-state index in [-0.39, 0.29) is 24.0 Å². The molecule has 0 bridgehead atoms. The van der Waals surface area contributed by atoms with Crippen molar-refractivity contribution >= 4 is 29.9 Å². The molecule has 26 heavy (non-hydrogen) atoms. The Balaban J connectivity index is 0.00000243. The van der Waals surface area contributed by atoms with Gasteiger partial charge in [0, 0.05) is 38.8 Å². The van der Waals surface area contributed by atoms with E-state index in [9.17, 15) is 0 Å². The van der Waals surface area contributed by atoms with Crippen LogP contribution in [0.15, 0.2) is 35.6 Å². The van der Waals surface area contributed by atoms with Gasteiger partial charge >= 0.3 is 0 Å². The predicted octanol–water partition coefficient (Wildman–Crippen LogP) is 3.61. The van der Waals surface area contributed by atoms with E-state index in [0.29, 0.717) is 5.92 Å². The van der Waals surface area contributed by atoms with E-state index in [4.69, 9.17) is 4.99 Å². The molecule has 1 unspecified atom stereocenters. The van der Waals surface area contributed by atoms with Crippen molar-refractivity contribution in [2.24, 2.45) is 12.0 Å². The molecule has 5 nitrogen and oxygen atoms in total. The molecule has 1 saturated heterocycles. The van der Waals surface area contributed by atoms with Crippen LogP contribution in [0.1, 0.15) is 41.5 Å². The fourth-order valence-corrected chi connectivity index (χ4v) is 3.48. The highest BCUT2D eigenvalue weighted by molar-refractivity contribution is 14.0. The van der Waals surface area contributed by atoms with Crippen molar-refractivity contribution in [2.45, 2.75) is 39.7 Å². The molecule has 0 amide bonds. The number of aliphatic imine (C=N–C) groups is 1. The molecule has 0 radical (unpaired) electrons. The molecular weight excluding hydrogens is 437 g/mol. The molecule has 1 fully saturated rings. The molecule has 3 rings (SSSR count). The first kappa shape index (κ1) is 20.7. The van der Waals surface area contributed by atoms with Crippen molar-refractivity contribution in [2.75, 3.05) is 19.6 Å². The van der Waals surface area contributed by atoms with Crippen molar-refractivity contribution in [3.8, 4) is 0 Å². The Bertz CT molecular complexity index is 752. The predicted molar refractivity (Wildman–Crippen MR) is 118 cm³/mol. The molecule has 2 aromatic rings. The Hall–Kier alpha value is -1.57. The summed E-state index contributed by atoms with van der Waals surface area (Å²) in [6.45, 7) is 10.1. The third kappa shape index (κ3) is 4.99. The van der Waals surface area contributed by atoms with Crippen molar-refractivity contribution in [1.82, 2.24) is 20.0 Å². The number of halogens is 1. The monoisotopic (exact) mass is 467 g/mol. The van der Waals surface area contributed by atoms with Crippen LogP contribution in [-0.4, -0.2) is 40.3 Å². The minimum Gasteiger partial charge on any atom is -0.357 e. The molecule has 1 aromatic heterocycles. The van der Waals surface area contributed by atoms with Gasteiger partial charge in [0.15, 0.2) is 5.96 Å². The van der Waals surface area contributed by atoms with Gasteiger partial charge in [0.25, 0.3) is 0 Å². The maximum Gasteiger partial charge on any atom is 0.194 e. The standard InChI is InChI=1S/C20H29N5.HI/c1-5-21-20(22-11-17-7-6-15(2)10-16(17)3)25-9-8-18(14-25)19-12-23-24(4)13-19;/h6-7,10,12-13,18H,5,8-9,11,14H2,1-4H3,(H,21,22);1H. The Morgan fingerprint density at radius 1 is 1.35 bits per heavy atom. The third-order valence-electron chi connectivity index (χ3n) is 4.92. The molecule has 1 atom stereocenters. The van der Waals surface area contributed by atoms with Crippen LogP contribution in [0, 0.1) is 13.8 Å². The lowest BCUT2D eigenvalue weighted by molar-refractivity contribution is 0.486. The first-order valence-electron chi connectivity index (χ1n) is 9.14. The molecule has 0 aliphatic carbocycles. The van der Waals surface area contributed by atoms with Gasteiger partial charge in [0.2, 0.25) is 0 Å². The number of hydrogen-bond acceptors (Lipinski definition) is 2. The summed E-state index contributed by atoms with van der Waals surface area (Å²) in [6, 6.07) is 6.59. The summed E-state index contributed by atoms with van der Waals surface area (Å²) in [6.07, 6.45) is 5.28. The average molecular weight is 467 g/mol. The Kier molecular flexibility index (Phi) is 7.49. The Morgan fingerprint density at radius 2 is 2.15 bits per heavy atom. The summed E-state index contributed by atoms with van der Waals surface area (Å²) in [5, 5.41) is 7.77. The zero-order valence-electron chi connectivity index (χ0n) is 16.2. The van der Waals surface area contributed by atoms with Crippen LogP contribution in [-0.2, 0) is 13.6 Å². The lowest BCUT2D eigenvalue weighted by atomic mass is 10.0. The average Bonchev–Trinajstić information content (AvgIpc) is 3.21. The summed E-state index contributed by atoms with van der Waals surface area (Å²) >= 11 is 0. The highest BCUT2D eigenvalue weighted by atomic mass is 127. The van der Waals surface area contributed by atoms with Crippen molar-refractivity contribution in [1.29, 1.82) is 0 Å². The molecule has 142 valence electrons. The van der Waals surface area contributed by atoms with Gasteiger partial charge in [-0.05, 0) is 43.9 Å². The van der Waals surface area contributed by atoms with Gasteiger partial charge in [-0.25, -0.2) is 4.99 Å². The van der Waals surface area contributed by atoms with Crippen molar-refractivity contribution in [3.63, 3.8) is 0 Å². The second kappa shape index (κ2) is 9.39. The molecule has 0 saturated carbocycles. The van der Waals surface area contributed by atoms with Crippen LogP contribution >= 0.6 is 24.0 Å². The van der Waals surface area contributed by atoms with E-state index >= 15 is 0 Å². The second-order valence-corrected chi connectivity index (χ2v) is 6.98. The van der Waals surface area contributed by atoms with Gasteiger partial charge in [-0.3, -0.25) is 4.68 Å². The fourth-order valence-electron chi connectivity index (χ4n) is 3.48. The lowest BCUT2D eigenvalue weighted by Gasteiger charge is -2.21. The topological polar surface area (TPSA) is 45.5 Å². The SMILES string of the molecule is CCNC(=NCc1ccc(C)cc1C)N1CCC(c2cnn(C)c2)C1.I. The van der Waals surface area contributed by atoms with E-state index in [1.807, 2.05) is 17.9 Å². The summed E-state index contributed by atoms with van der Waals surface area (Å²) < 4.78 is 1.89. The molecule has 6 heteroatoms. The van der Waals surface area contributed by atoms with Gasteiger partial charge in [0.1, 0.15) is 0 Å². The third-order valence-corrected chi connectivity index (χ3v) is 4.92. The van der Waals surface area contributed by atoms with Crippen LogP contribution in [0.3, 0.4) is 0 Å². The number of aryl methyl sites for hydroxylation is 3. The van der Waals surface area contributed by atoms with Crippen LogP contribution in [0.25, 0.3) is 0 Å². The number of nitrogens with zero attached hydrogens (tertiary/aromatic N) is 4. The van der Waals surface area contributed by atoms with Crippen LogP contribution in [0.5, 0.6) is 0 Å². The van der Waals surface area contributed by atoms with Gasteiger partial charge in [-0.15, -0.1) is 24.0 Å². The number of hydrogen-bond donors (Lipinski definition) is 1. The number of likely N-dealkylation sites (tertiary alicyclic amines) is 1. The highest BCUT2D eigenvalue weighted by Crippen LogP contribution is 2.26. The van der Waals surface area contributed by atoms with E-state index < -0.39 is 0 Å². The summed E-state index contributed by atoms with van der Waals surface area (Å²) in [5.41, 5.74) is 5.24. The van der Waals surface area contributed by atoms with E-state index in [1.54, 1.807) is 0 Å². The highest BCUT2D eigenvalue weighted by Gasteiger charge is 2.26. The van der Waals surface area contributed by atoms with E-state index in [0.717, 1.165) is 38.6 Å². The lowest BCUT2D eigenvalue weighted by Crippen LogP contribution is -2.40. The first-order chi connectivity index (χ1) is 12.1. The molecule has 0 spiro atoms. The molecule has 1 aliphatic heterocycles. The van der Waals surface area contributed by atoms with Crippen molar-refractivity contribution < 1.29 is 0 Å². The zero-order chi connectivity index (χ0) is 17.8. The summed E-state index contributed by atoms with van der Waals surface area (Å²) in [7, 11) is 1.98. The Labute approximate surface area is 173 Å². The normalized spacial score (nSPS) is 17.3. The van der Waals surface area contributed by atoms with Crippen LogP contribution < -0.4 is 5.32 Å². The maximum absolute atomic E-state index is 4.90. The summed E-state index contributed by atoms with van der Waals surface area (Å²) in [4.78, 5) is 7.28. The summed E-state index contributed by atoms with van der Waals surface area (Å²) in [5.74, 6) is 1.56. The minimum atomic E-state index is 0. The minimum absolute atomic E-state index is 0. The van der Waals surface area contributed by atoms with Gasteiger partial charge in [-0.1, -0.05) is 23.8 Å². The quantitative estimate of drug-likeness (QED) is 0.425. The second-order valence-electron chi connectivity index (χ2n) is 6.98. The molecule has 1 aliphatic rings. The van der Waals surface area contributed by atoms with Crippen LogP contribution in [0.2, 0.25) is 0 Å². The molecule has 1 N–H and O–H groups in total. The van der Waals surface area contributed by atoms with E-state index in [2.05, 4.69) is 60.5 Å².